The summed E-state index contributed by atoms with van der Waals surface area (Å²) in [7, 11) is 0. The van der Waals surface area contributed by atoms with Gasteiger partial charge in [-0.25, -0.2) is 9.97 Å². The predicted molar refractivity (Wildman–Crippen MR) is 59.0 cm³/mol. The van der Waals surface area contributed by atoms with Gasteiger partial charge in [-0.05, 0) is 13.0 Å². The lowest BCUT2D eigenvalue weighted by Gasteiger charge is -2.31. The molecule has 2 heterocycles. The van der Waals surface area contributed by atoms with Crippen molar-refractivity contribution in [3.63, 3.8) is 0 Å². The van der Waals surface area contributed by atoms with Gasteiger partial charge in [0.25, 0.3) is 0 Å². The minimum atomic E-state index is 0. The van der Waals surface area contributed by atoms with E-state index in [9.17, 15) is 0 Å². The molecule has 1 aromatic rings. The first-order valence-electron chi connectivity index (χ1n) is 4.61. The number of nitrogens with one attached hydrogen (secondary N) is 1. The third kappa shape index (κ3) is 2.56. The van der Waals surface area contributed by atoms with Gasteiger partial charge in [0.2, 0.25) is 5.95 Å². The Balaban J connectivity index is 0.000000980. The topological polar surface area (TPSA) is 41.1 Å². The SMILES string of the molecule is C[C@H]1CN(c2ncccn2)CCN1.Cl. The Hall–Kier alpha value is -0.870. The number of hydrogen-bond donors (Lipinski definition) is 1. The summed E-state index contributed by atoms with van der Waals surface area (Å²) < 4.78 is 0. The zero-order chi connectivity index (χ0) is 9.10. The molecule has 0 spiro atoms. The maximum Gasteiger partial charge on any atom is 0.225 e. The first-order chi connectivity index (χ1) is 6.36. The van der Waals surface area contributed by atoms with E-state index in [0.717, 1.165) is 25.6 Å². The molecule has 0 radical (unpaired) electrons. The molecule has 78 valence electrons. The predicted octanol–water partition coefficient (Wildman–Crippen LogP) is 0.696. The van der Waals surface area contributed by atoms with Gasteiger partial charge in [-0.15, -0.1) is 12.4 Å². The van der Waals surface area contributed by atoms with E-state index in [0.29, 0.717) is 6.04 Å². The van der Waals surface area contributed by atoms with E-state index in [2.05, 4.69) is 27.1 Å². The van der Waals surface area contributed by atoms with Gasteiger partial charge in [0.05, 0.1) is 0 Å². The highest BCUT2D eigenvalue weighted by Gasteiger charge is 2.16. The molecule has 1 aliphatic rings. The van der Waals surface area contributed by atoms with Gasteiger partial charge in [-0.3, -0.25) is 0 Å². The summed E-state index contributed by atoms with van der Waals surface area (Å²) in [6.07, 6.45) is 3.57. The summed E-state index contributed by atoms with van der Waals surface area (Å²) in [5.41, 5.74) is 0. The van der Waals surface area contributed by atoms with Crippen LogP contribution in [0.5, 0.6) is 0 Å². The van der Waals surface area contributed by atoms with Gasteiger partial charge in [-0.2, -0.15) is 0 Å². The van der Waals surface area contributed by atoms with Crippen molar-refractivity contribution in [2.24, 2.45) is 0 Å². The summed E-state index contributed by atoms with van der Waals surface area (Å²) in [6, 6.07) is 2.37. The number of piperazine rings is 1. The number of anilines is 1. The average molecular weight is 215 g/mol. The van der Waals surface area contributed by atoms with Gasteiger partial charge in [-0.1, -0.05) is 0 Å². The van der Waals surface area contributed by atoms with Crippen LogP contribution in [-0.2, 0) is 0 Å². The highest BCUT2D eigenvalue weighted by atomic mass is 35.5. The Kier molecular flexibility index (Phi) is 4.10. The van der Waals surface area contributed by atoms with Crippen molar-refractivity contribution in [3.05, 3.63) is 18.5 Å². The number of rotatable bonds is 1. The molecular weight excluding hydrogens is 200 g/mol. The molecule has 0 aliphatic carbocycles. The largest absolute Gasteiger partial charge is 0.338 e. The second-order valence-corrected chi connectivity index (χ2v) is 3.35. The van der Waals surface area contributed by atoms with Crippen LogP contribution in [0.4, 0.5) is 5.95 Å². The Bertz CT molecular complexity index is 267. The first kappa shape index (κ1) is 11.2. The van der Waals surface area contributed by atoms with E-state index in [1.807, 2.05) is 6.07 Å². The molecule has 1 saturated heterocycles. The molecule has 1 N–H and O–H groups in total. The van der Waals surface area contributed by atoms with Crippen LogP contribution in [0.1, 0.15) is 6.92 Å². The number of nitrogens with zero attached hydrogens (tertiary/aromatic N) is 3. The highest BCUT2D eigenvalue weighted by molar-refractivity contribution is 5.85. The monoisotopic (exact) mass is 214 g/mol. The molecule has 1 fully saturated rings. The molecule has 1 aromatic heterocycles. The van der Waals surface area contributed by atoms with Crippen molar-refractivity contribution in [3.8, 4) is 0 Å². The van der Waals surface area contributed by atoms with E-state index in [1.54, 1.807) is 12.4 Å². The van der Waals surface area contributed by atoms with Gasteiger partial charge >= 0.3 is 0 Å². The number of aromatic nitrogens is 2. The molecule has 0 amide bonds. The molecule has 14 heavy (non-hydrogen) atoms. The van der Waals surface area contributed by atoms with E-state index in [1.165, 1.54) is 0 Å². The Morgan fingerprint density at radius 3 is 2.79 bits per heavy atom. The Morgan fingerprint density at radius 1 is 1.43 bits per heavy atom. The van der Waals surface area contributed by atoms with Crippen molar-refractivity contribution in [2.75, 3.05) is 24.5 Å². The molecule has 0 aromatic carbocycles. The maximum atomic E-state index is 4.22. The molecule has 1 aliphatic heterocycles. The molecule has 1 atom stereocenters. The zero-order valence-electron chi connectivity index (χ0n) is 8.18. The molecule has 0 bridgehead atoms. The fourth-order valence-corrected chi connectivity index (χ4v) is 1.57. The second kappa shape index (κ2) is 5.12. The van der Waals surface area contributed by atoms with Crippen molar-refractivity contribution in [1.29, 1.82) is 0 Å². The lowest BCUT2D eigenvalue weighted by atomic mass is 10.2. The van der Waals surface area contributed by atoms with Crippen LogP contribution in [-0.4, -0.2) is 35.6 Å². The zero-order valence-corrected chi connectivity index (χ0v) is 9.00. The summed E-state index contributed by atoms with van der Waals surface area (Å²) in [5, 5.41) is 3.38. The van der Waals surface area contributed by atoms with Crippen molar-refractivity contribution >= 4 is 18.4 Å². The summed E-state index contributed by atoms with van der Waals surface area (Å²) in [5.74, 6) is 0.843. The van der Waals surface area contributed by atoms with Crippen molar-refractivity contribution in [2.45, 2.75) is 13.0 Å². The molecule has 5 heteroatoms. The minimum absolute atomic E-state index is 0. The van der Waals surface area contributed by atoms with Gasteiger partial charge in [0, 0.05) is 38.1 Å². The maximum absolute atomic E-state index is 4.22. The van der Waals surface area contributed by atoms with E-state index in [-0.39, 0.29) is 12.4 Å². The van der Waals surface area contributed by atoms with Crippen LogP contribution in [0.15, 0.2) is 18.5 Å². The third-order valence-electron chi connectivity index (χ3n) is 2.20. The Morgan fingerprint density at radius 2 is 2.14 bits per heavy atom. The first-order valence-corrected chi connectivity index (χ1v) is 4.61. The van der Waals surface area contributed by atoms with E-state index in [4.69, 9.17) is 0 Å². The van der Waals surface area contributed by atoms with Gasteiger partial charge < -0.3 is 10.2 Å². The summed E-state index contributed by atoms with van der Waals surface area (Å²) in [4.78, 5) is 10.7. The average Bonchev–Trinajstić information content (AvgIpc) is 2.19. The molecular formula is C9H15ClN4. The van der Waals surface area contributed by atoms with Crippen LogP contribution in [0.2, 0.25) is 0 Å². The Labute approximate surface area is 90.2 Å². The smallest absolute Gasteiger partial charge is 0.225 e. The molecule has 4 nitrogen and oxygen atoms in total. The fraction of sp³-hybridized carbons (Fsp3) is 0.556. The van der Waals surface area contributed by atoms with E-state index >= 15 is 0 Å². The summed E-state index contributed by atoms with van der Waals surface area (Å²) >= 11 is 0. The second-order valence-electron chi connectivity index (χ2n) is 3.35. The van der Waals surface area contributed by atoms with Crippen LogP contribution >= 0.6 is 12.4 Å². The molecule has 2 rings (SSSR count). The third-order valence-corrected chi connectivity index (χ3v) is 2.20. The summed E-state index contributed by atoms with van der Waals surface area (Å²) in [6.45, 7) is 5.17. The van der Waals surface area contributed by atoms with Crippen molar-refractivity contribution in [1.82, 2.24) is 15.3 Å². The number of hydrogen-bond acceptors (Lipinski definition) is 4. The minimum Gasteiger partial charge on any atom is -0.338 e. The standard InChI is InChI=1S/C9H14N4.ClH/c1-8-7-13(6-5-10-8)9-11-3-2-4-12-9;/h2-4,8,10H,5-7H2,1H3;1H/t8-;/m0./s1. The van der Waals surface area contributed by atoms with Crippen LogP contribution in [0, 0.1) is 0 Å². The van der Waals surface area contributed by atoms with Crippen LogP contribution < -0.4 is 10.2 Å². The van der Waals surface area contributed by atoms with Gasteiger partial charge in [0.15, 0.2) is 0 Å². The molecule has 0 saturated carbocycles. The van der Waals surface area contributed by atoms with Crippen LogP contribution in [0.3, 0.4) is 0 Å². The number of halogens is 1. The highest BCUT2D eigenvalue weighted by Crippen LogP contribution is 2.07. The van der Waals surface area contributed by atoms with E-state index < -0.39 is 0 Å². The normalized spacial score (nSPS) is 21.5. The van der Waals surface area contributed by atoms with Gasteiger partial charge in [0.1, 0.15) is 0 Å². The lowest BCUT2D eigenvalue weighted by molar-refractivity contribution is 0.479. The quantitative estimate of drug-likeness (QED) is 0.747. The fourth-order valence-electron chi connectivity index (χ4n) is 1.57. The van der Waals surface area contributed by atoms with Crippen molar-refractivity contribution < 1.29 is 0 Å². The lowest BCUT2D eigenvalue weighted by Crippen LogP contribution is -2.49. The van der Waals surface area contributed by atoms with Crippen LogP contribution in [0.25, 0.3) is 0 Å². The molecule has 0 unspecified atom stereocenters.